The van der Waals surface area contributed by atoms with Crippen molar-refractivity contribution in [3.05, 3.63) is 78.4 Å². The van der Waals surface area contributed by atoms with Crippen LogP contribution in [0.2, 0.25) is 0 Å². The van der Waals surface area contributed by atoms with Crippen molar-refractivity contribution in [2.45, 2.75) is 32.5 Å². The van der Waals surface area contributed by atoms with Gasteiger partial charge >= 0.3 is 7.60 Å². The van der Waals surface area contributed by atoms with E-state index in [9.17, 15) is 9.36 Å². The standard InChI is InChI=1S/C25H30NO5P/c1-3-17-30-32(28,31-18-4-2)25(21-12-6-5-7-13-21)26-24(27)19-29-23-16-10-14-20-11-8-9-15-22(20)23/h5-16,25H,3-4,17-19H2,1-2H3,(H,26,27)/t25-/m1/s1. The third kappa shape index (κ3) is 6.19. The van der Waals surface area contributed by atoms with E-state index in [1.165, 1.54) is 0 Å². The molecule has 170 valence electrons. The van der Waals surface area contributed by atoms with Crippen LogP contribution in [0.5, 0.6) is 5.75 Å². The van der Waals surface area contributed by atoms with E-state index < -0.39 is 19.3 Å². The lowest BCUT2D eigenvalue weighted by atomic mass is 10.1. The topological polar surface area (TPSA) is 73.9 Å². The van der Waals surface area contributed by atoms with Crippen LogP contribution in [-0.2, 0) is 18.4 Å². The molecule has 0 bridgehead atoms. The van der Waals surface area contributed by atoms with E-state index in [0.717, 1.165) is 10.8 Å². The molecule has 0 fully saturated rings. The molecular weight excluding hydrogens is 425 g/mol. The van der Waals surface area contributed by atoms with Crippen molar-refractivity contribution in [1.82, 2.24) is 5.32 Å². The quantitative estimate of drug-likeness (QED) is 0.335. The van der Waals surface area contributed by atoms with Crippen LogP contribution in [0, 0.1) is 0 Å². The van der Waals surface area contributed by atoms with E-state index in [4.69, 9.17) is 13.8 Å². The van der Waals surface area contributed by atoms with Crippen molar-refractivity contribution < 1.29 is 23.1 Å². The van der Waals surface area contributed by atoms with Gasteiger partial charge in [-0.1, -0.05) is 80.6 Å². The predicted octanol–water partition coefficient (Wildman–Crippen LogP) is 6.08. The van der Waals surface area contributed by atoms with Gasteiger partial charge in [0.25, 0.3) is 5.91 Å². The summed E-state index contributed by atoms with van der Waals surface area (Å²) in [4.78, 5) is 12.9. The van der Waals surface area contributed by atoms with E-state index in [-0.39, 0.29) is 19.8 Å². The highest BCUT2D eigenvalue weighted by Gasteiger charge is 2.38. The molecular formula is C25H30NO5P. The highest BCUT2D eigenvalue weighted by Crippen LogP contribution is 2.59. The van der Waals surface area contributed by atoms with E-state index in [0.29, 0.717) is 24.2 Å². The summed E-state index contributed by atoms with van der Waals surface area (Å²) in [5, 5.41) is 4.78. The molecule has 0 saturated heterocycles. The van der Waals surface area contributed by atoms with Gasteiger partial charge in [0.2, 0.25) is 0 Å². The zero-order valence-corrected chi connectivity index (χ0v) is 19.4. The molecule has 0 saturated carbocycles. The Bertz CT molecular complexity index is 1040. The summed E-state index contributed by atoms with van der Waals surface area (Å²) >= 11 is 0. The SMILES string of the molecule is CCCOP(=O)(OCCC)[C@@H](NC(=O)COc1cccc2ccccc12)c1ccccc1. The molecule has 0 aromatic heterocycles. The largest absolute Gasteiger partial charge is 0.483 e. The number of nitrogens with one attached hydrogen (secondary N) is 1. The molecule has 0 aliphatic rings. The lowest BCUT2D eigenvalue weighted by molar-refractivity contribution is -0.123. The van der Waals surface area contributed by atoms with Crippen molar-refractivity contribution in [2.24, 2.45) is 0 Å². The monoisotopic (exact) mass is 455 g/mol. The minimum Gasteiger partial charge on any atom is -0.483 e. The van der Waals surface area contributed by atoms with Crippen molar-refractivity contribution in [3.63, 3.8) is 0 Å². The highest BCUT2D eigenvalue weighted by atomic mass is 31.2. The normalized spacial score (nSPS) is 12.4. The highest BCUT2D eigenvalue weighted by molar-refractivity contribution is 7.54. The summed E-state index contributed by atoms with van der Waals surface area (Å²) in [6.07, 6.45) is 1.36. The maximum atomic E-state index is 13.7. The second-order valence-electron chi connectivity index (χ2n) is 7.35. The predicted molar refractivity (Wildman–Crippen MR) is 127 cm³/mol. The molecule has 0 radical (unpaired) electrons. The molecule has 0 aliphatic heterocycles. The van der Waals surface area contributed by atoms with E-state index in [1.807, 2.05) is 74.5 Å². The number of rotatable bonds is 12. The van der Waals surface area contributed by atoms with Gasteiger partial charge in [-0.2, -0.15) is 0 Å². The van der Waals surface area contributed by atoms with E-state index >= 15 is 0 Å². The molecule has 0 aliphatic carbocycles. The van der Waals surface area contributed by atoms with Crippen molar-refractivity contribution in [1.29, 1.82) is 0 Å². The Morgan fingerprint density at radius 1 is 0.875 bits per heavy atom. The first-order valence-electron chi connectivity index (χ1n) is 10.9. The molecule has 3 aromatic carbocycles. The van der Waals surface area contributed by atoms with Crippen molar-refractivity contribution >= 4 is 24.3 Å². The summed E-state index contributed by atoms with van der Waals surface area (Å²) < 4.78 is 30.9. The number of carbonyl (C=O) groups excluding carboxylic acids is 1. The van der Waals surface area contributed by atoms with E-state index in [1.54, 1.807) is 12.1 Å². The maximum Gasteiger partial charge on any atom is 0.357 e. The molecule has 3 aromatic rings. The van der Waals surface area contributed by atoms with Gasteiger partial charge in [-0.25, -0.2) is 0 Å². The van der Waals surface area contributed by atoms with Gasteiger partial charge in [-0.05, 0) is 29.9 Å². The van der Waals surface area contributed by atoms with Crippen LogP contribution < -0.4 is 10.1 Å². The summed E-state index contributed by atoms with van der Waals surface area (Å²) in [5.74, 6) is -0.722. The Balaban J connectivity index is 1.79. The van der Waals surface area contributed by atoms with Crippen molar-refractivity contribution in [2.75, 3.05) is 19.8 Å². The Morgan fingerprint density at radius 3 is 2.19 bits per heavy atom. The van der Waals surface area contributed by atoms with Gasteiger partial charge in [-0.3, -0.25) is 9.36 Å². The summed E-state index contributed by atoms with van der Waals surface area (Å²) in [6, 6.07) is 22.6. The van der Waals surface area contributed by atoms with Gasteiger partial charge in [0.05, 0.1) is 13.2 Å². The van der Waals surface area contributed by atoms with Crippen LogP contribution in [-0.4, -0.2) is 25.7 Å². The first-order valence-corrected chi connectivity index (χ1v) is 12.5. The zero-order chi connectivity index (χ0) is 22.8. The van der Waals surface area contributed by atoms with Crippen LogP contribution in [0.3, 0.4) is 0 Å². The molecule has 32 heavy (non-hydrogen) atoms. The number of ether oxygens (including phenoxy) is 1. The van der Waals surface area contributed by atoms with Gasteiger partial charge in [0, 0.05) is 5.39 Å². The minimum absolute atomic E-state index is 0.223. The minimum atomic E-state index is -3.66. The Kier molecular flexibility index (Phi) is 8.86. The summed E-state index contributed by atoms with van der Waals surface area (Å²) in [7, 11) is -3.66. The third-order valence-electron chi connectivity index (χ3n) is 4.79. The molecule has 1 N–H and O–H groups in total. The van der Waals surface area contributed by atoms with Gasteiger partial charge in [-0.15, -0.1) is 0 Å². The van der Waals surface area contributed by atoms with Crippen LogP contribution in [0.4, 0.5) is 0 Å². The second kappa shape index (κ2) is 11.8. The number of hydrogen-bond acceptors (Lipinski definition) is 5. The van der Waals surface area contributed by atoms with Gasteiger partial charge in [0.1, 0.15) is 5.75 Å². The van der Waals surface area contributed by atoms with Crippen LogP contribution in [0.25, 0.3) is 10.8 Å². The Labute approximate surface area is 189 Å². The second-order valence-corrected chi connectivity index (χ2v) is 9.47. The lowest BCUT2D eigenvalue weighted by Gasteiger charge is -2.28. The average molecular weight is 455 g/mol. The van der Waals surface area contributed by atoms with E-state index in [2.05, 4.69) is 5.32 Å². The maximum absolute atomic E-state index is 13.7. The van der Waals surface area contributed by atoms with Gasteiger partial charge in [0.15, 0.2) is 12.4 Å². The smallest absolute Gasteiger partial charge is 0.357 e. The lowest BCUT2D eigenvalue weighted by Crippen LogP contribution is -2.33. The molecule has 7 heteroatoms. The van der Waals surface area contributed by atoms with Crippen molar-refractivity contribution in [3.8, 4) is 5.75 Å². The Morgan fingerprint density at radius 2 is 1.50 bits per heavy atom. The summed E-state index contributed by atoms with van der Waals surface area (Å²) in [5.41, 5.74) is 0.654. The molecule has 1 atom stereocenters. The third-order valence-corrected chi connectivity index (χ3v) is 6.93. The first-order chi connectivity index (χ1) is 15.6. The zero-order valence-electron chi connectivity index (χ0n) is 18.5. The van der Waals surface area contributed by atoms with Crippen LogP contribution in [0.15, 0.2) is 72.8 Å². The van der Waals surface area contributed by atoms with Gasteiger partial charge < -0.3 is 19.1 Å². The fourth-order valence-corrected chi connectivity index (χ4v) is 5.35. The molecule has 0 unspecified atom stereocenters. The number of hydrogen-bond donors (Lipinski definition) is 1. The fraction of sp³-hybridized carbons (Fsp3) is 0.320. The molecule has 0 heterocycles. The number of fused-ring (bicyclic) bond motifs is 1. The molecule has 0 spiro atoms. The number of amides is 1. The number of carbonyl (C=O) groups is 1. The molecule has 3 rings (SSSR count). The fourth-order valence-electron chi connectivity index (χ4n) is 3.26. The number of benzene rings is 3. The van der Waals surface area contributed by atoms with Crippen LogP contribution in [0.1, 0.15) is 38.0 Å². The Hall–Kier alpha value is -2.66. The first kappa shape index (κ1) is 24.0. The average Bonchev–Trinajstić information content (AvgIpc) is 2.84. The molecule has 1 amide bonds. The summed E-state index contributed by atoms with van der Waals surface area (Å²) in [6.45, 7) is 4.18. The molecule has 6 nitrogen and oxygen atoms in total. The van der Waals surface area contributed by atoms with Crippen LogP contribution >= 0.6 is 7.60 Å².